The number of rotatable bonds is 4. The average Bonchev–Trinajstić information content (AvgIpc) is 2.76. The molecule has 1 aliphatic rings. The first-order valence-electron chi connectivity index (χ1n) is 9.75. The highest BCUT2D eigenvalue weighted by Gasteiger charge is 2.64. The fourth-order valence-electron chi connectivity index (χ4n) is 3.98. The maximum Gasteiger partial charge on any atom is 0.432 e. The molecule has 0 spiro atoms. The van der Waals surface area contributed by atoms with Crippen LogP contribution in [-0.2, 0) is 19.9 Å². The minimum absolute atomic E-state index is 0.148. The summed E-state index contributed by atoms with van der Waals surface area (Å²) < 4.78 is 53.3. The van der Waals surface area contributed by atoms with E-state index in [0.29, 0.717) is 17.7 Å². The quantitative estimate of drug-likeness (QED) is 0.263. The van der Waals surface area contributed by atoms with Crippen LogP contribution in [0.15, 0.2) is 60.7 Å². The summed E-state index contributed by atoms with van der Waals surface area (Å²) in [4.78, 5) is 17.3. The summed E-state index contributed by atoms with van der Waals surface area (Å²) in [5.41, 5.74) is -1.67. The molecule has 2 aromatic carbocycles. The van der Waals surface area contributed by atoms with Crippen LogP contribution in [0.5, 0.6) is 0 Å². The largest absolute Gasteiger partial charge is 0.454 e. The van der Waals surface area contributed by atoms with E-state index in [4.69, 9.17) is 9.47 Å². The molecule has 1 unspecified atom stereocenters. The average molecular weight is 573 g/mol. The van der Waals surface area contributed by atoms with Gasteiger partial charge in [0.1, 0.15) is 6.10 Å². The van der Waals surface area contributed by atoms with Crippen LogP contribution in [-0.4, -0.2) is 29.1 Å². The molecular weight excluding hydrogens is 555 g/mol. The molecule has 0 saturated heterocycles. The van der Waals surface area contributed by atoms with E-state index in [1.807, 2.05) is 30.3 Å². The number of ether oxygens (including phenoxy) is 2. The lowest BCUT2D eigenvalue weighted by atomic mass is 9.90. The van der Waals surface area contributed by atoms with Gasteiger partial charge in [0.25, 0.3) is 5.60 Å². The Morgan fingerprint density at radius 1 is 1.06 bits per heavy atom. The maximum atomic E-state index is 14.3. The smallest absolute Gasteiger partial charge is 0.432 e. The Hall–Kier alpha value is -1.97. The zero-order valence-electron chi connectivity index (χ0n) is 16.8. The van der Waals surface area contributed by atoms with E-state index in [-0.39, 0.29) is 10.4 Å². The topological polar surface area (TPSA) is 48.4 Å². The number of methoxy groups -OCH3 is 1. The van der Waals surface area contributed by atoms with Gasteiger partial charge in [-0.2, -0.15) is 13.2 Å². The number of carbonyl (C=O) groups excluding carboxylic acids is 1. The van der Waals surface area contributed by atoms with Crippen LogP contribution in [0, 0.1) is 0 Å². The molecule has 0 bridgehead atoms. The fraction of sp³-hybridized carbons (Fsp3) is 0.304. The van der Waals surface area contributed by atoms with Crippen molar-refractivity contribution in [1.29, 1.82) is 0 Å². The van der Waals surface area contributed by atoms with Gasteiger partial charge in [-0.15, -0.1) is 0 Å². The van der Waals surface area contributed by atoms with Gasteiger partial charge in [0.15, 0.2) is 0 Å². The van der Waals surface area contributed by atoms with E-state index < -0.39 is 28.7 Å². The molecule has 4 rings (SSSR count). The minimum atomic E-state index is -5.04. The lowest BCUT2D eigenvalue weighted by Gasteiger charge is -2.37. The highest BCUT2D eigenvalue weighted by molar-refractivity contribution is 9.10. The molecule has 0 radical (unpaired) electrons. The Morgan fingerprint density at radius 3 is 2.38 bits per heavy atom. The first kappa shape index (κ1) is 23.2. The summed E-state index contributed by atoms with van der Waals surface area (Å²) in [5.74, 6) is -1.53. The SMILES string of the molecule is CO[C@](C(=O)O[C@@H]1c2cc3ccccc3nc2C(Br)C[C@H]1Br)(c1ccccc1)C(F)(F)F. The van der Waals surface area contributed by atoms with E-state index in [9.17, 15) is 18.0 Å². The second-order valence-corrected chi connectivity index (χ2v) is 9.73. The van der Waals surface area contributed by atoms with E-state index in [2.05, 4.69) is 36.8 Å². The molecule has 1 aliphatic carbocycles. The van der Waals surface area contributed by atoms with Gasteiger partial charge in [0.2, 0.25) is 0 Å². The van der Waals surface area contributed by atoms with Crippen molar-refractivity contribution in [1.82, 2.24) is 4.98 Å². The summed E-state index contributed by atoms with van der Waals surface area (Å²) in [5, 5.41) is 0.797. The molecule has 4 atom stereocenters. The number of para-hydroxylation sites is 1. The van der Waals surface area contributed by atoms with Crippen LogP contribution in [0.2, 0.25) is 0 Å². The number of alkyl halides is 5. The number of carbonyl (C=O) groups is 1. The van der Waals surface area contributed by atoms with Crippen LogP contribution < -0.4 is 0 Å². The number of esters is 1. The molecule has 168 valence electrons. The van der Waals surface area contributed by atoms with Crippen molar-refractivity contribution >= 4 is 48.7 Å². The molecule has 1 aromatic heterocycles. The number of aromatic nitrogens is 1. The van der Waals surface area contributed by atoms with Crippen LogP contribution >= 0.6 is 31.9 Å². The number of pyridine rings is 1. The van der Waals surface area contributed by atoms with Crippen LogP contribution in [0.25, 0.3) is 10.9 Å². The number of nitrogens with zero attached hydrogens (tertiary/aromatic N) is 1. The van der Waals surface area contributed by atoms with Crippen molar-refractivity contribution in [2.24, 2.45) is 0 Å². The van der Waals surface area contributed by atoms with Gasteiger partial charge in [-0.25, -0.2) is 4.79 Å². The van der Waals surface area contributed by atoms with Crippen LogP contribution in [0.3, 0.4) is 0 Å². The minimum Gasteiger partial charge on any atom is -0.454 e. The van der Waals surface area contributed by atoms with Gasteiger partial charge in [-0.05, 0) is 18.6 Å². The van der Waals surface area contributed by atoms with Gasteiger partial charge >= 0.3 is 12.1 Å². The maximum absolute atomic E-state index is 14.3. The molecule has 4 nitrogen and oxygen atoms in total. The third-order valence-electron chi connectivity index (χ3n) is 5.56. The number of benzene rings is 2. The molecule has 0 N–H and O–H groups in total. The van der Waals surface area contributed by atoms with E-state index in [0.717, 1.165) is 18.0 Å². The van der Waals surface area contributed by atoms with Crippen molar-refractivity contribution < 1.29 is 27.4 Å². The predicted molar refractivity (Wildman–Crippen MR) is 121 cm³/mol. The molecule has 9 heteroatoms. The molecule has 32 heavy (non-hydrogen) atoms. The highest BCUT2D eigenvalue weighted by atomic mass is 79.9. The van der Waals surface area contributed by atoms with Crippen LogP contribution in [0.4, 0.5) is 13.2 Å². The summed E-state index contributed by atoms with van der Waals surface area (Å²) in [6.45, 7) is 0. The third kappa shape index (κ3) is 3.84. The van der Waals surface area contributed by atoms with Crippen LogP contribution in [0.1, 0.15) is 34.2 Å². The first-order chi connectivity index (χ1) is 15.2. The molecule has 0 aliphatic heterocycles. The van der Waals surface area contributed by atoms with Gasteiger partial charge in [-0.1, -0.05) is 80.4 Å². The van der Waals surface area contributed by atoms with Crippen molar-refractivity contribution in [2.75, 3.05) is 7.11 Å². The summed E-state index contributed by atoms with van der Waals surface area (Å²) in [6.07, 6.45) is -5.56. The van der Waals surface area contributed by atoms with E-state index >= 15 is 0 Å². The van der Waals surface area contributed by atoms with Gasteiger partial charge in [0.05, 0.1) is 20.9 Å². The van der Waals surface area contributed by atoms with Gasteiger partial charge in [-0.3, -0.25) is 4.98 Å². The van der Waals surface area contributed by atoms with Crippen molar-refractivity contribution in [3.05, 3.63) is 77.5 Å². The number of hydrogen-bond donors (Lipinski definition) is 0. The summed E-state index contributed by atoms with van der Waals surface area (Å²) in [7, 11) is 0.853. The Morgan fingerprint density at radius 2 is 1.72 bits per heavy atom. The highest BCUT2D eigenvalue weighted by Crippen LogP contribution is 2.48. The Labute approximate surface area is 199 Å². The van der Waals surface area contributed by atoms with Crippen molar-refractivity contribution in [3.8, 4) is 0 Å². The lowest BCUT2D eigenvalue weighted by molar-refractivity contribution is -0.278. The predicted octanol–water partition coefficient (Wildman–Crippen LogP) is 6.53. The lowest BCUT2D eigenvalue weighted by Crippen LogP contribution is -2.52. The Balaban J connectivity index is 1.80. The molecule has 0 amide bonds. The van der Waals surface area contributed by atoms with Gasteiger partial charge < -0.3 is 9.47 Å². The Bertz CT molecular complexity index is 1140. The van der Waals surface area contributed by atoms with E-state index in [1.165, 1.54) is 24.3 Å². The molecule has 0 fully saturated rings. The second kappa shape index (κ2) is 8.76. The van der Waals surface area contributed by atoms with Crippen molar-refractivity contribution in [3.63, 3.8) is 0 Å². The number of halogens is 5. The second-order valence-electron chi connectivity index (χ2n) is 7.45. The molecule has 0 saturated carbocycles. The monoisotopic (exact) mass is 571 g/mol. The molecular formula is C23H18Br2F3NO3. The third-order valence-corrected chi connectivity index (χ3v) is 7.22. The zero-order valence-corrected chi connectivity index (χ0v) is 19.9. The number of fused-ring (bicyclic) bond motifs is 2. The molecule has 3 aromatic rings. The zero-order chi connectivity index (χ0) is 23.1. The van der Waals surface area contributed by atoms with E-state index in [1.54, 1.807) is 6.07 Å². The Kier molecular flexibility index (Phi) is 6.35. The molecule has 1 heterocycles. The van der Waals surface area contributed by atoms with Crippen molar-refractivity contribution in [2.45, 2.75) is 34.0 Å². The van der Waals surface area contributed by atoms with Gasteiger partial charge in [0, 0.05) is 23.6 Å². The summed E-state index contributed by atoms with van der Waals surface area (Å²) in [6, 6.07) is 16.0. The number of hydrogen-bond acceptors (Lipinski definition) is 4. The first-order valence-corrected chi connectivity index (χ1v) is 11.6. The standard InChI is InChI=1S/C23H18Br2F3NO3/c1-31-22(23(26,27)28,14-8-3-2-4-9-14)21(30)32-20-15-11-13-7-5-6-10-18(13)29-19(15)16(24)12-17(20)25/h2-11,16-17,20H,12H2,1H3/t16?,17-,20-,22+/m1/s1. The normalized spacial score (nSPS) is 22.8. The fourth-order valence-corrected chi connectivity index (χ4v) is 6.01. The summed E-state index contributed by atoms with van der Waals surface area (Å²) >= 11 is 7.09.